The van der Waals surface area contributed by atoms with Crippen LogP contribution in [0.4, 0.5) is 0 Å². The number of ether oxygens (including phenoxy) is 2. The topological polar surface area (TPSA) is 121 Å². The summed E-state index contributed by atoms with van der Waals surface area (Å²) >= 11 is 0. The molecule has 4 aliphatic rings. The Balaban J connectivity index is 0.000000189. The maximum Gasteiger partial charge on any atom is 0.311 e. The summed E-state index contributed by atoms with van der Waals surface area (Å²) in [6, 6.07) is 0. The number of aryl methyl sites for hydroxylation is 1. The maximum absolute atomic E-state index is 12.6. The number of fused-ring (bicyclic) bond motifs is 4. The minimum Gasteiger partial charge on any atom is -0.469 e. The molecule has 0 radical (unpaired) electrons. The van der Waals surface area contributed by atoms with Crippen LogP contribution in [0.25, 0.3) is 0 Å². The molecule has 4 aliphatic carbocycles. The molecule has 4 atom stereocenters. The fourth-order valence-electron chi connectivity index (χ4n) is 7.43. The second kappa shape index (κ2) is 9.60. The lowest BCUT2D eigenvalue weighted by atomic mass is 9.67. The van der Waals surface area contributed by atoms with E-state index >= 15 is 0 Å². The molecule has 0 saturated heterocycles. The van der Waals surface area contributed by atoms with Crippen molar-refractivity contribution < 1.29 is 23.9 Å². The molecule has 0 aromatic carbocycles. The molecular formula is C27H39N3O5. The molecule has 4 fully saturated rings. The normalized spacial score (nSPS) is 35.0. The average Bonchev–Trinajstić information content (AvgIpc) is 3.26. The number of nitrogens with two attached hydrogens (primary N) is 1. The first-order valence-corrected chi connectivity index (χ1v) is 12.9. The quantitative estimate of drug-likeness (QED) is 0.489. The van der Waals surface area contributed by atoms with Gasteiger partial charge in [-0.05, 0) is 76.5 Å². The Hall–Kier alpha value is -2.35. The van der Waals surface area contributed by atoms with E-state index < -0.39 is 0 Å². The fourth-order valence-corrected chi connectivity index (χ4v) is 7.43. The van der Waals surface area contributed by atoms with Crippen molar-refractivity contribution in [3.05, 3.63) is 23.8 Å². The number of esters is 2. The summed E-state index contributed by atoms with van der Waals surface area (Å²) in [6.45, 7) is 1.83. The van der Waals surface area contributed by atoms with Crippen molar-refractivity contribution in [2.45, 2.75) is 95.9 Å². The summed E-state index contributed by atoms with van der Waals surface area (Å²) in [5.74, 6) is -0.102. The highest BCUT2D eigenvalue weighted by Gasteiger charge is 2.56. The molecule has 192 valence electrons. The van der Waals surface area contributed by atoms with E-state index in [0.717, 1.165) is 82.7 Å². The molecule has 35 heavy (non-hydrogen) atoms. The predicted octanol–water partition coefficient (Wildman–Crippen LogP) is 4.08. The largest absolute Gasteiger partial charge is 0.469 e. The summed E-state index contributed by atoms with van der Waals surface area (Å²) in [5.41, 5.74) is 6.66. The summed E-state index contributed by atoms with van der Waals surface area (Å²) in [4.78, 5) is 44.7. The van der Waals surface area contributed by atoms with Crippen LogP contribution in [0.5, 0.6) is 0 Å². The average molecular weight is 486 g/mol. The second-order valence-electron chi connectivity index (χ2n) is 11.6. The molecule has 1 heterocycles. The monoisotopic (exact) mass is 485 g/mol. The van der Waals surface area contributed by atoms with Crippen LogP contribution in [0.15, 0.2) is 12.4 Å². The zero-order chi connectivity index (χ0) is 25.3. The number of aromatic nitrogens is 2. The molecule has 0 spiro atoms. The third kappa shape index (κ3) is 4.99. The minimum absolute atomic E-state index is 0.0405. The van der Waals surface area contributed by atoms with Crippen LogP contribution in [-0.2, 0) is 19.1 Å². The van der Waals surface area contributed by atoms with Gasteiger partial charge < -0.3 is 15.2 Å². The number of methoxy groups -OCH3 is 2. The van der Waals surface area contributed by atoms with Crippen LogP contribution in [0.1, 0.15) is 99.7 Å². The molecular weight excluding hydrogens is 446 g/mol. The van der Waals surface area contributed by atoms with Crippen LogP contribution >= 0.6 is 0 Å². The van der Waals surface area contributed by atoms with Crippen molar-refractivity contribution in [3.63, 3.8) is 0 Å². The number of rotatable bonds is 5. The van der Waals surface area contributed by atoms with Crippen LogP contribution in [0.2, 0.25) is 0 Å². The maximum atomic E-state index is 12.6. The van der Waals surface area contributed by atoms with E-state index in [4.69, 9.17) is 15.2 Å². The van der Waals surface area contributed by atoms with E-state index in [-0.39, 0.29) is 39.5 Å². The van der Waals surface area contributed by atoms with Crippen LogP contribution in [-0.4, -0.2) is 47.4 Å². The number of hydrogen-bond donors (Lipinski definition) is 1. The molecule has 2 N–H and O–H groups in total. The van der Waals surface area contributed by atoms with E-state index in [1.807, 2.05) is 6.92 Å². The standard InChI is InChI=1S/C17H22N2O3.C10H17NO2/c1-12-9-18-10-13(19-12)14(20)8-16-4-3-5-17(11-16,7-6-16)15(21)22-2;1-13-8(12)9-3-2-4-10(11,7-9)6-5-9/h9-10H,3-8,11H2,1-2H3;2-7,11H2,1H3. The van der Waals surface area contributed by atoms with Crippen molar-refractivity contribution >= 4 is 17.7 Å². The molecule has 8 heteroatoms. The second-order valence-corrected chi connectivity index (χ2v) is 11.6. The SMILES string of the molecule is COC(=O)C12CCCC(CC(=O)c3cncc(C)n3)(CC1)C2.COC(=O)C12CCCC(N)(CC1)C2. The predicted molar refractivity (Wildman–Crippen MR) is 129 cm³/mol. The van der Waals surface area contributed by atoms with E-state index in [2.05, 4.69) is 9.97 Å². The Morgan fingerprint density at radius 1 is 0.857 bits per heavy atom. The van der Waals surface area contributed by atoms with Gasteiger partial charge in [0.05, 0.1) is 36.9 Å². The van der Waals surface area contributed by atoms with Crippen molar-refractivity contribution in [1.29, 1.82) is 0 Å². The molecule has 4 bridgehead atoms. The highest BCUT2D eigenvalue weighted by molar-refractivity contribution is 5.94. The first-order valence-electron chi connectivity index (χ1n) is 12.9. The van der Waals surface area contributed by atoms with Crippen LogP contribution < -0.4 is 5.73 Å². The van der Waals surface area contributed by atoms with Crippen LogP contribution in [0.3, 0.4) is 0 Å². The lowest BCUT2D eigenvalue weighted by molar-refractivity contribution is -0.155. The summed E-state index contributed by atoms with van der Waals surface area (Å²) < 4.78 is 9.88. The van der Waals surface area contributed by atoms with Crippen molar-refractivity contribution in [2.24, 2.45) is 22.0 Å². The van der Waals surface area contributed by atoms with E-state index in [1.165, 1.54) is 20.4 Å². The van der Waals surface area contributed by atoms with Gasteiger partial charge in [0.15, 0.2) is 5.78 Å². The highest BCUT2D eigenvalue weighted by atomic mass is 16.5. The van der Waals surface area contributed by atoms with Crippen molar-refractivity contribution in [1.82, 2.24) is 9.97 Å². The Morgan fingerprint density at radius 3 is 2.14 bits per heavy atom. The van der Waals surface area contributed by atoms with Gasteiger partial charge in [0.2, 0.25) is 0 Å². The third-order valence-corrected chi connectivity index (χ3v) is 9.14. The number of ketones is 1. The third-order valence-electron chi connectivity index (χ3n) is 9.14. The van der Waals surface area contributed by atoms with Gasteiger partial charge in [0, 0.05) is 18.2 Å². The fraction of sp³-hybridized carbons (Fsp3) is 0.741. The van der Waals surface area contributed by atoms with Gasteiger partial charge in [0.25, 0.3) is 0 Å². The Kier molecular flexibility index (Phi) is 7.06. The van der Waals surface area contributed by atoms with Gasteiger partial charge in [-0.3, -0.25) is 19.4 Å². The highest BCUT2D eigenvalue weighted by Crippen LogP contribution is 2.60. The Labute approximate surface area is 207 Å². The lowest BCUT2D eigenvalue weighted by Gasteiger charge is -2.37. The van der Waals surface area contributed by atoms with Gasteiger partial charge in [-0.1, -0.05) is 12.8 Å². The molecule has 8 nitrogen and oxygen atoms in total. The van der Waals surface area contributed by atoms with E-state index in [9.17, 15) is 14.4 Å². The number of nitrogens with zero attached hydrogens (tertiary/aromatic N) is 2. The lowest BCUT2D eigenvalue weighted by Crippen LogP contribution is -2.43. The van der Waals surface area contributed by atoms with Gasteiger partial charge in [0.1, 0.15) is 5.69 Å². The molecule has 0 amide bonds. The molecule has 4 unspecified atom stereocenters. The number of Topliss-reactive ketones (excluding diaryl/α,β-unsaturated/α-hetero) is 1. The van der Waals surface area contributed by atoms with Crippen molar-refractivity contribution in [3.8, 4) is 0 Å². The number of hydrogen-bond acceptors (Lipinski definition) is 8. The Bertz CT molecular complexity index is 999. The molecule has 1 aromatic rings. The zero-order valence-corrected chi connectivity index (χ0v) is 21.4. The zero-order valence-electron chi connectivity index (χ0n) is 21.4. The number of carbonyl (C=O) groups is 3. The first-order chi connectivity index (χ1) is 16.6. The smallest absolute Gasteiger partial charge is 0.311 e. The Morgan fingerprint density at radius 2 is 1.49 bits per heavy atom. The summed E-state index contributed by atoms with van der Waals surface area (Å²) in [7, 11) is 2.93. The van der Waals surface area contributed by atoms with Gasteiger partial charge in [-0.25, -0.2) is 4.98 Å². The number of carbonyl (C=O) groups excluding carboxylic acids is 3. The van der Waals surface area contributed by atoms with Gasteiger partial charge in [-0.2, -0.15) is 0 Å². The summed E-state index contributed by atoms with van der Waals surface area (Å²) in [5, 5.41) is 0. The molecule has 1 aromatic heterocycles. The van der Waals surface area contributed by atoms with E-state index in [1.54, 1.807) is 6.20 Å². The van der Waals surface area contributed by atoms with Crippen molar-refractivity contribution in [2.75, 3.05) is 14.2 Å². The van der Waals surface area contributed by atoms with E-state index in [0.29, 0.717) is 12.1 Å². The molecule has 0 aliphatic heterocycles. The van der Waals surface area contributed by atoms with Gasteiger partial charge >= 0.3 is 11.9 Å². The molecule has 5 rings (SSSR count). The molecule has 4 saturated carbocycles. The minimum atomic E-state index is -0.356. The van der Waals surface area contributed by atoms with Crippen LogP contribution in [0, 0.1) is 23.2 Å². The first kappa shape index (κ1) is 25.7. The van der Waals surface area contributed by atoms with Gasteiger partial charge in [-0.15, -0.1) is 0 Å². The summed E-state index contributed by atoms with van der Waals surface area (Å²) in [6.07, 6.45) is 14.9.